The van der Waals surface area contributed by atoms with E-state index in [1.165, 1.54) is 11.1 Å². The molecule has 2 bridgehead atoms. The Labute approximate surface area is 289 Å². The summed E-state index contributed by atoms with van der Waals surface area (Å²) < 4.78 is 30.2. The second-order valence-corrected chi connectivity index (χ2v) is 15.3. The lowest BCUT2D eigenvalue weighted by Crippen LogP contribution is -2.46. The van der Waals surface area contributed by atoms with E-state index in [9.17, 15) is 18.9 Å². The highest BCUT2D eigenvalue weighted by Crippen LogP contribution is 2.42. The fraction of sp³-hybridized carbons (Fsp3) is 0.556. The van der Waals surface area contributed by atoms with E-state index in [0.29, 0.717) is 54.2 Å². The van der Waals surface area contributed by atoms with Crippen molar-refractivity contribution in [3.63, 3.8) is 0 Å². The van der Waals surface area contributed by atoms with Crippen molar-refractivity contribution >= 4 is 39.8 Å². The highest BCUT2D eigenvalue weighted by molar-refractivity contribution is 7.75. The molecule has 0 aromatic heterocycles. The molecule has 7 atom stereocenters. The molecule has 2 saturated carbocycles. The number of carbonyl (C=O) groups excluding carboxylic acids is 2. The maximum atomic E-state index is 13.7. The van der Waals surface area contributed by atoms with Crippen molar-refractivity contribution in [3.8, 4) is 5.75 Å². The molecule has 0 radical (unpaired) electrons. The molecule has 10 nitrogen and oxygen atoms in total. The standard InChI is InChI=1S/C36H46ClN4O6S/c1-22-6-5-8-32(46-2)29-13-10-26(29)20-41-19-25-9-12-28(37)16-23(25)7-3-4-15-47-33-14-11-24(18-31(33)41)34(43)40-48(45)35(22)39-36(44)38-30-17-27(30)21-42/h5,8-9,11-12,14,16,18,22,26-27,29-30,32,35,42H,3-4,6-7,10,13,15,17,19-21H2,1-2H3,(H2,38,39,44)/q-1/b8-5+/t22-,26-,27+,29+,30-,32-,35?/m0/s1. The number of methoxy groups -OCH3 is 1. The van der Waals surface area contributed by atoms with Crippen LogP contribution >= 0.6 is 11.6 Å². The Bertz CT molecular complexity index is 1610. The molecule has 0 saturated heterocycles. The molecular formula is C36H46ClN4O6S-. The first-order valence-corrected chi connectivity index (χ1v) is 18.6. The van der Waals surface area contributed by atoms with Gasteiger partial charge in [-0.1, -0.05) is 36.7 Å². The number of hydrogen-bond donors (Lipinski definition) is 3. The van der Waals surface area contributed by atoms with E-state index in [1.54, 1.807) is 19.2 Å². The first-order chi connectivity index (χ1) is 23.2. The minimum atomic E-state index is -2.07. The van der Waals surface area contributed by atoms with E-state index in [0.717, 1.165) is 44.3 Å². The zero-order valence-electron chi connectivity index (χ0n) is 27.6. The largest absolute Gasteiger partial charge is 0.491 e. The first kappa shape index (κ1) is 34.7. The Morgan fingerprint density at radius 1 is 1.17 bits per heavy atom. The topological polar surface area (TPSA) is 130 Å². The van der Waals surface area contributed by atoms with Crippen LogP contribution in [-0.4, -0.2) is 61.4 Å². The Hall–Kier alpha value is -3.12. The lowest BCUT2D eigenvalue weighted by atomic mass is 9.70. The molecule has 2 aromatic rings. The van der Waals surface area contributed by atoms with E-state index in [2.05, 4.69) is 38.1 Å². The third-order valence-electron chi connectivity index (χ3n) is 10.3. The number of halogens is 1. The molecule has 2 aliphatic heterocycles. The van der Waals surface area contributed by atoms with Crippen LogP contribution in [0.4, 0.5) is 10.5 Å². The predicted molar refractivity (Wildman–Crippen MR) is 187 cm³/mol. The maximum Gasteiger partial charge on any atom is 0.313 e. The Morgan fingerprint density at radius 3 is 2.77 bits per heavy atom. The number of rotatable bonds is 4. The molecule has 12 heteroatoms. The van der Waals surface area contributed by atoms with Crippen LogP contribution in [0.2, 0.25) is 5.02 Å². The molecule has 2 fully saturated rings. The number of hydrogen-bond acceptors (Lipinski definition) is 8. The van der Waals surface area contributed by atoms with E-state index >= 15 is 0 Å². The number of benzene rings is 2. The normalized spacial score (nSPS) is 30.2. The van der Waals surface area contributed by atoms with Gasteiger partial charge in [-0.3, -0.25) is 4.79 Å². The number of ether oxygens (including phenoxy) is 2. The monoisotopic (exact) mass is 697 g/mol. The van der Waals surface area contributed by atoms with Crippen molar-refractivity contribution in [1.29, 1.82) is 0 Å². The number of fused-ring (bicyclic) bond motifs is 3. The van der Waals surface area contributed by atoms with E-state index in [4.69, 9.17) is 21.1 Å². The van der Waals surface area contributed by atoms with E-state index in [1.807, 2.05) is 25.1 Å². The molecule has 48 heavy (non-hydrogen) atoms. The molecule has 0 spiro atoms. The molecule has 260 valence electrons. The van der Waals surface area contributed by atoms with Crippen molar-refractivity contribution in [3.05, 3.63) is 70.3 Å². The number of aryl methyl sites for hydroxylation is 1. The summed E-state index contributed by atoms with van der Waals surface area (Å²) in [4.78, 5) is 28.9. The molecule has 3 N–H and O–H groups in total. The van der Waals surface area contributed by atoms with Crippen molar-refractivity contribution in [2.24, 2.45) is 28.0 Å². The number of aliphatic hydroxyl groups excluding tert-OH is 1. The zero-order chi connectivity index (χ0) is 33.8. The predicted octanol–water partition coefficient (Wildman–Crippen LogP) is 5.99. The average Bonchev–Trinajstić information content (AvgIpc) is 3.82. The maximum absolute atomic E-state index is 13.7. The van der Waals surface area contributed by atoms with Gasteiger partial charge in [0.25, 0.3) is 5.91 Å². The summed E-state index contributed by atoms with van der Waals surface area (Å²) in [7, 11) is -0.337. The summed E-state index contributed by atoms with van der Waals surface area (Å²) in [6.45, 7) is 3.77. The summed E-state index contributed by atoms with van der Waals surface area (Å²) in [5.74, 6) is 0.438. The van der Waals surface area contributed by atoms with E-state index in [-0.39, 0.29) is 30.6 Å². The first-order valence-electron chi connectivity index (χ1n) is 17.1. The van der Waals surface area contributed by atoms with Crippen LogP contribution in [0.5, 0.6) is 5.75 Å². The van der Waals surface area contributed by atoms with Gasteiger partial charge in [-0.25, -0.2) is 4.79 Å². The van der Waals surface area contributed by atoms with Gasteiger partial charge in [0.15, 0.2) is 0 Å². The molecule has 6 rings (SSSR count). The van der Waals surface area contributed by atoms with Crippen LogP contribution < -0.4 is 20.3 Å². The SMILES string of the molecule is CO[C@H]1/C=C/C[C@H](C)C(NC(=O)N[C@H]2C[C@@H]2CO)[S-](=O)=NC(=O)c2ccc3c(c2)N(Cc2ccc(Cl)cc2CCCCO3)C[C@@H]2CC[C@H]21. The van der Waals surface area contributed by atoms with Gasteiger partial charge in [0.1, 0.15) is 5.75 Å². The number of allylic oxidation sites excluding steroid dienone is 1. The van der Waals surface area contributed by atoms with Crippen LogP contribution in [0.25, 0.3) is 0 Å². The Balaban J connectivity index is 1.38. The van der Waals surface area contributed by atoms with Gasteiger partial charge >= 0.3 is 6.03 Å². The van der Waals surface area contributed by atoms with Crippen LogP contribution in [0.1, 0.15) is 66.9 Å². The van der Waals surface area contributed by atoms with Gasteiger partial charge in [-0.05, 0) is 110 Å². The summed E-state index contributed by atoms with van der Waals surface area (Å²) in [6, 6.07) is 10.8. The van der Waals surface area contributed by atoms with E-state index < -0.39 is 27.9 Å². The quantitative estimate of drug-likeness (QED) is 0.264. The second kappa shape index (κ2) is 15.6. The lowest BCUT2D eigenvalue weighted by Gasteiger charge is -2.43. The van der Waals surface area contributed by atoms with Crippen molar-refractivity contribution < 1.29 is 28.4 Å². The molecule has 2 heterocycles. The third-order valence-corrected chi connectivity index (χ3v) is 11.9. The average molecular weight is 698 g/mol. The second-order valence-electron chi connectivity index (χ2n) is 13.6. The van der Waals surface area contributed by atoms with Crippen LogP contribution in [0.3, 0.4) is 0 Å². The number of urea groups is 1. The highest BCUT2D eigenvalue weighted by atomic mass is 35.5. The Morgan fingerprint density at radius 2 is 2.02 bits per heavy atom. The number of aliphatic hydroxyl groups is 1. The molecule has 3 amide bonds. The zero-order valence-corrected chi connectivity index (χ0v) is 29.2. The molecule has 1 unspecified atom stereocenters. The minimum Gasteiger partial charge on any atom is -0.491 e. The summed E-state index contributed by atoms with van der Waals surface area (Å²) in [5, 5.41) is 14.8. The van der Waals surface area contributed by atoms with Crippen LogP contribution in [-0.2, 0) is 32.5 Å². The van der Waals surface area contributed by atoms with Gasteiger partial charge in [-0.15, -0.1) is 0 Å². The molecule has 4 aliphatic rings. The van der Waals surface area contributed by atoms with Crippen LogP contribution in [0, 0.1) is 23.7 Å². The van der Waals surface area contributed by atoms with Crippen molar-refractivity contribution in [2.75, 3.05) is 31.8 Å². The van der Waals surface area contributed by atoms with Gasteiger partial charge < -0.3 is 38.7 Å². The number of carbonyl (C=O) groups is 2. The molecular weight excluding hydrogens is 652 g/mol. The number of amides is 3. The summed E-state index contributed by atoms with van der Waals surface area (Å²) in [5.41, 5.74) is 3.48. The highest BCUT2D eigenvalue weighted by Gasteiger charge is 2.39. The van der Waals surface area contributed by atoms with Gasteiger partial charge in [0.2, 0.25) is 0 Å². The van der Waals surface area contributed by atoms with Gasteiger partial charge in [0, 0.05) is 49.4 Å². The minimum absolute atomic E-state index is 0.00202. The number of nitrogens with zero attached hydrogens (tertiary/aromatic N) is 2. The van der Waals surface area contributed by atoms with Crippen molar-refractivity contribution in [2.45, 2.75) is 75.9 Å². The van der Waals surface area contributed by atoms with Gasteiger partial charge in [-0.2, -0.15) is 10.6 Å². The fourth-order valence-electron chi connectivity index (χ4n) is 7.09. The smallest absolute Gasteiger partial charge is 0.313 e. The molecule has 2 aliphatic carbocycles. The van der Waals surface area contributed by atoms with Crippen molar-refractivity contribution in [1.82, 2.24) is 10.6 Å². The van der Waals surface area contributed by atoms with Gasteiger partial charge in [0.05, 0.1) is 18.4 Å². The summed E-state index contributed by atoms with van der Waals surface area (Å²) >= 11 is 6.44. The fourth-order valence-corrected chi connectivity index (χ4v) is 8.38. The molecule has 2 aromatic carbocycles. The lowest BCUT2D eigenvalue weighted by molar-refractivity contribution is 0.0133. The number of anilines is 1. The summed E-state index contributed by atoms with van der Waals surface area (Å²) in [6.07, 6.45) is 10.0. The Kier molecular flexibility index (Phi) is 11.3. The third kappa shape index (κ3) is 8.18. The number of nitrogens with one attached hydrogen (secondary N) is 2. The van der Waals surface area contributed by atoms with Crippen LogP contribution in [0.15, 0.2) is 52.9 Å².